The molecule has 1 heterocycles. The highest BCUT2D eigenvalue weighted by Gasteiger charge is 2.41. The number of amides is 1. The molecule has 1 aliphatic rings. The maximum absolute atomic E-state index is 12.7. The molecule has 1 saturated heterocycles. The van der Waals surface area contributed by atoms with Crippen molar-refractivity contribution in [3.8, 4) is 5.75 Å². The van der Waals surface area contributed by atoms with Crippen molar-refractivity contribution < 1.29 is 17.9 Å². The number of carbonyl (C=O) groups excluding carboxylic acids is 1. The van der Waals surface area contributed by atoms with Crippen molar-refractivity contribution in [3.63, 3.8) is 0 Å². The molecule has 3 rings (SSSR count). The molecule has 1 fully saturated rings. The van der Waals surface area contributed by atoms with E-state index in [2.05, 4.69) is 20.9 Å². The highest BCUT2D eigenvalue weighted by molar-refractivity contribution is 7.93. The smallest absolute Gasteiger partial charge is 0.250 e. The summed E-state index contributed by atoms with van der Waals surface area (Å²) in [6.07, 6.45) is 0. The van der Waals surface area contributed by atoms with Crippen LogP contribution in [0.5, 0.6) is 5.75 Å². The number of methoxy groups -OCH3 is 1. The minimum atomic E-state index is -3.87. The second-order valence-electron chi connectivity index (χ2n) is 5.92. The van der Waals surface area contributed by atoms with E-state index in [0.29, 0.717) is 22.1 Å². The third-order valence-corrected chi connectivity index (χ3v) is 5.95. The highest BCUT2D eigenvalue weighted by Crippen LogP contribution is 2.22. The summed E-state index contributed by atoms with van der Waals surface area (Å²) < 4.78 is 32.9. The van der Waals surface area contributed by atoms with Gasteiger partial charge in [-0.25, -0.2) is 13.8 Å². The third kappa shape index (κ3) is 4.69. The van der Waals surface area contributed by atoms with E-state index in [1.165, 1.54) is 0 Å². The van der Waals surface area contributed by atoms with E-state index in [-0.39, 0.29) is 6.54 Å². The van der Waals surface area contributed by atoms with Gasteiger partial charge in [0, 0.05) is 22.9 Å². The van der Waals surface area contributed by atoms with Crippen LogP contribution in [0.25, 0.3) is 0 Å². The Labute approximate surface area is 162 Å². The maximum Gasteiger partial charge on any atom is 0.250 e. The number of hydrazine groups is 1. The largest absolute Gasteiger partial charge is 0.497 e. The lowest BCUT2D eigenvalue weighted by Crippen LogP contribution is -2.45. The molecule has 4 N–H and O–H groups in total. The molecule has 2 atom stereocenters. The molecule has 0 bridgehead atoms. The van der Waals surface area contributed by atoms with Crippen LogP contribution in [0.2, 0.25) is 5.02 Å². The average Bonchev–Trinajstić information content (AvgIpc) is 3.15. The lowest BCUT2D eigenvalue weighted by molar-refractivity contribution is -0.119. The van der Waals surface area contributed by atoms with Crippen LogP contribution in [-0.4, -0.2) is 33.4 Å². The molecule has 0 saturated carbocycles. The van der Waals surface area contributed by atoms with Gasteiger partial charge in [0.1, 0.15) is 5.75 Å². The van der Waals surface area contributed by atoms with Crippen LogP contribution in [0.1, 0.15) is 0 Å². The molecule has 10 heteroatoms. The molecule has 1 aliphatic heterocycles. The minimum Gasteiger partial charge on any atom is -0.497 e. The van der Waals surface area contributed by atoms with Crippen LogP contribution >= 0.6 is 11.6 Å². The van der Waals surface area contributed by atoms with Gasteiger partial charge in [-0.1, -0.05) is 11.6 Å². The lowest BCUT2D eigenvalue weighted by Gasteiger charge is -2.19. The number of nitrogens with one attached hydrogen (secondary N) is 4. The Morgan fingerprint density at radius 3 is 2.37 bits per heavy atom. The zero-order valence-corrected chi connectivity index (χ0v) is 16.0. The van der Waals surface area contributed by atoms with E-state index in [9.17, 15) is 13.2 Å². The number of halogens is 1. The van der Waals surface area contributed by atoms with E-state index >= 15 is 0 Å². The van der Waals surface area contributed by atoms with E-state index in [4.69, 9.17) is 16.3 Å². The topological polar surface area (TPSA) is 109 Å². The van der Waals surface area contributed by atoms with E-state index in [0.717, 1.165) is 0 Å². The Kier molecular flexibility index (Phi) is 5.85. The molecule has 1 amide bonds. The van der Waals surface area contributed by atoms with Crippen LogP contribution in [0, 0.1) is 5.92 Å². The molecule has 0 spiro atoms. The van der Waals surface area contributed by atoms with Crippen LogP contribution in [0.3, 0.4) is 0 Å². The summed E-state index contributed by atoms with van der Waals surface area (Å²) in [6, 6.07) is 13.0. The summed E-state index contributed by atoms with van der Waals surface area (Å²) in [5.74, 6) is -0.578. The van der Waals surface area contributed by atoms with Gasteiger partial charge in [0.15, 0.2) is 5.37 Å². The van der Waals surface area contributed by atoms with Gasteiger partial charge in [0.05, 0.1) is 13.0 Å². The number of ether oxygens (including phenoxy) is 1. The van der Waals surface area contributed by atoms with Crippen LogP contribution in [-0.2, 0) is 14.8 Å². The average molecular weight is 411 g/mol. The van der Waals surface area contributed by atoms with Gasteiger partial charge in [-0.3, -0.25) is 14.9 Å². The van der Waals surface area contributed by atoms with Crippen molar-refractivity contribution in [1.82, 2.24) is 10.9 Å². The first-order chi connectivity index (χ1) is 12.9. The second-order valence-corrected chi connectivity index (χ2v) is 8.16. The normalized spacial score (nSPS) is 19.5. The molecule has 2 unspecified atom stereocenters. The van der Waals surface area contributed by atoms with E-state index in [1.54, 1.807) is 55.6 Å². The molecule has 27 heavy (non-hydrogen) atoms. The van der Waals surface area contributed by atoms with Crippen LogP contribution in [0.4, 0.5) is 11.4 Å². The van der Waals surface area contributed by atoms with Gasteiger partial charge in [-0.05, 0) is 48.5 Å². The van der Waals surface area contributed by atoms with Crippen molar-refractivity contribution in [2.24, 2.45) is 5.92 Å². The fourth-order valence-electron chi connectivity index (χ4n) is 2.66. The Balaban J connectivity index is 1.71. The molecular formula is C17H19ClN4O4S. The molecule has 8 nitrogen and oxygen atoms in total. The van der Waals surface area contributed by atoms with Crippen molar-refractivity contribution in [2.75, 3.05) is 23.7 Å². The summed E-state index contributed by atoms with van der Waals surface area (Å²) in [5.41, 5.74) is 6.31. The molecule has 0 radical (unpaired) electrons. The number of rotatable bonds is 6. The molecule has 0 aromatic heterocycles. The fraction of sp³-hybridized carbons (Fsp3) is 0.235. The minimum absolute atomic E-state index is 0.175. The van der Waals surface area contributed by atoms with Gasteiger partial charge in [-0.2, -0.15) is 0 Å². The number of hydrogen-bond donors (Lipinski definition) is 4. The van der Waals surface area contributed by atoms with Gasteiger partial charge in [-0.15, -0.1) is 0 Å². The van der Waals surface area contributed by atoms with Crippen molar-refractivity contribution in [1.29, 1.82) is 0 Å². The summed E-state index contributed by atoms with van der Waals surface area (Å²) >= 11 is 5.81. The van der Waals surface area contributed by atoms with Gasteiger partial charge in [0.25, 0.3) is 10.0 Å². The Bertz CT molecular complexity index is 904. The molecule has 2 aromatic rings. The summed E-state index contributed by atoms with van der Waals surface area (Å²) in [6.45, 7) is 0.175. The first kappa shape index (κ1) is 19.4. The highest BCUT2D eigenvalue weighted by atomic mass is 35.5. The van der Waals surface area contributed by atoms with Crippen molar-refractivity contribution in [2.45, 2.75) is 5.37 Å². The number of sulfonamides is 1. The summed E-state index contributed by atoms with van der Waals surface area (Å²) in [4.78, 5) is 12.6. The van der Waals surface area contributed by atoms with Gasteiger partial charge in [0.2, 0.25) is 5.91 Å². The van der Waals surface area contributed by atoms with Crippen molar-refractivity contribution in [3.05, 3.63) is 53.6 Å². The summed E-state index contributed by atoms with van der Waals surface area (Å²) in [5, 5.41) is 2.09. The Morgan fingerprint density at radius 1 is 1.11 bits per heavy atom. The number of hydrogen-bond acceptors (Lipinski definition) is 6. The standard InChI is InChI=1S/C17H19ClN4O4S/c1-26-14-8-6-12(7-9-14)20-16(23)15-10-19-21-17(15)27(24,25)22-13-4-2-11(18)3-5-13/h2-9,15,17,19,21-22H,10H2,1H3,(H,20,23). The number of benzene rings is 2. The summed E-state index contributed by atoms with van der Waals surface area (Å²) in [7, 11) is -2.32. The van der Waals surface area contributed by atoms with Crippen molar-refractivity contribution >= 4 is 38.9 Å². The molecule has 2 aromatic carbocycles. The Morgan fingerprint density at radius 2 is 1.74 bits per heavy atom. The van der Waals surface area contributed by atoms with Gasteiger partial charge >= 0.3 is 0 Å². The van der Waals surface area contributed by atoms with Crippen LogP contribution in [0.15, 0.2) is 48.5 Å². The zero-order valence-electron chi connectivity index (χ0n) is 14.4. The molecular weight excluding hydrogens is 392 g/mol. The maximum atomic E-state index is 12.7. The predicted octanol–water partition coefficient (Wildman–Crippen LogP) is 1.78. The first-order valence-electron chi connectivity index (χ1n) is 8.09. The van der Waals surface area contributed by atoms with E-state index < -0.39 is 27.2 Å². The van der Waals surface area contributed by atoms with Gasteiger partial charge < -0.3 is 10.1 Å². The monoisotopic (exact) mass is 410 g/mol. The number of anilines is 2. The van der Waals surface area contributed by atoms with Crippen LogP contribution < -0.4 is 25.6 Å². The quantitative estimate of drug-likeness (QED) is 0.578. The first-order valence-corrected chi connectivity index (χ1v) is 10.0. The third-order valence-electron chi connectivity index (χ3n) is 4.06. The zero-order chi connectivity index (χ0) is 19.4. The number of carbonyl (C=O) groups is 1. The lowest BCUT2D eigenvalue weighted by atomic mass is 10.1. The predicted molar refractivity (Wildman–Crippen MR) is 104 cm³/mol. The SMILES string of the molecule is COc1ccc(NC(=O)C2CNNC2S(=O)(=O)Nc2ccc(Cl)cc2)cc1. The molecule has 144 valence electrons. The fourth-order valence-corrected chi connectivity index (χ4v) is 4.26. The second kappa shape index (κ2) is 8.13. The molecule has 0 aliphatic carbocycles. The Hall–Kier alpha value is -2.33. The van der Waals surface area contributed by atoms with E-state index in [1.807, 2.05) is 0 Å².